The Labute approximate surface area is 205 Å². The van der Waals surface area contributed by atoms with Crippen LogP contribution in [0, 0.1) is 6.92 Å². The Bertz CT molecular complexity index is 1320. The smallest absolute Gasteiger partial charge is 0.254 e. The van der Waals surface area contributed by atoms with E-state index in [1.165, 1.54) is 23.1 Å². The summed E-state index contributed by atoms with van der Waals surface area (Å²) in [7, 11) is 1.62. The summed E-state index contributed by atoms with van der Waals surface area (Å²) in [6.07, 6.45) is 0.472. The van der Waals surface area contributed by atoms with Crippen LogP contribution in [-0.4, -0.2) is 28.0 Å². The van der Waals surface area contributed by atoms with Gasteiger partial charge in [-0.25, -0.2) is 9.97 Å². The van der Waals surface area contributed by atoms with Crippen LogP contribution in [-0.2, 0) is 17.0 Å². The number of carbonyl (C=O) groups is 1. The first-order chi connectivity index (χ1) is 16.5. The van der Waals surface area contributed by atoms with Gasteiger partial charge >= 0.3 is 0 Å². The first kappa shape index (κ1) is 23.7. The van der Waals surface area contributed by atoms with Crippen molar-refractivity contribution in [3.63, 3.8) is 0 Å². The van der Waals surface area contributed by atoms with E-state index in [1.54, 1.807) is 14.0 Å². The summed E-state index contributed by atoms with van der Waals surface area (Å²) >= 11 is 2.84. The minimum atomic E-state index is -0.202. The fourth-order valence-electron chi connectivity index (χ4n) is 3.32. The Hall–Kier alpha value is -3.43. The van der Waals surface area contributed by atoms with Gasteiger partial charge in [-0.15, -0.1) is 11.3 Å². The van der Waals surface area contributed by atoms with Gasteiger partial charge in [0.05, 0.1) is 12.8 Å². The average molecular weight is 493 g/mol. The highest BCUT2D eigenvalue weighted by molar-refractivity contribution is 7.98. The minimum absolute atomic E-state index is 0.166. The summed E-state index contributed by atoms with van der Waals surface area (Å²) in [5.74, 6) is 1.30. The maximum absolute atomic E-state index is 12.6. The fourth-order valence-corrected chi connectivity index (χ4v) is 4.92. The molecule has 2 aromatic carbocycles. The normalized spacial score (nSPS) is 10.8. The number of rotatable bonds is 9. The first-order valence-corrected chi connectivity index (χ1v) is 12.5. The molecule has 0 unspecified atom stereocenters. The van der Waals surface area contributed by atoms with Gasteiger partial charge in [0.1, 0.15) is 5.75 Å². The molecule has 34 heavy (non-hydrogen) atoms. The number of methoxy groups -OCH3 is 1. The second-order valence-electron chi connectivity index (χ2n) is 7.52. The molecule has 0 fully saturated rings. The van der Waals surface area contributed by atoms with Crippen molar-refractivity contribution in [3.05, 3.63) is 87.2 Å². The van der Waals surface area contributed by atoms with Crippen LogP contribution >= 0.6 is 23.1 Å². The molecule has 9 heteroatoms. The van der Waals surface area contributed by atoms with Crippen LogP contribution in [0.2, 0.25) is 0 Å². The minimum Gasteiger partial charge on any atom is -0.497 e. The molecule has 2 aromatic heterocycles. The Morgan fingerprint density at radius 1 is 1.12 bits per heavy atom. The summed E-state index contributed by atoms with van der Waals surface area (Å²) in [5.41, 5.74) is 3.84. The summed E-state index contributed by atoms with van der Waals surface area (Å²) in [5, 5.41) is 5.81. The Morgan fingerprint density at radius 2 is 1.88 bits per heavy atom. The number of benzene rings is 2. The van der Waals surface area contributed by atoms with E-state index >= 15 is 0 Å². The number of thioether (sulfide) groups is 1. The number of ether oxygens (including phenoxy) is 1. The lowest BCUT2D eigenvalue weighted by Gasteiger charge is -2.07. The topological polar surface area (TPSA) is 97.0 Å². The van der Waals surface area contributed by atoms with Gasteiger partial charge in [-0.3, -0.25) is 9.59 Å². The van der Waals surface area contributed by atoms with E-state index in [2.05, 4.69) is 20.3 Å². The van der Waals surface area contributed by atoms with Crippen molar-refractivity contribution in [3.8, 4) is 17.0 Å². The molecule has 0 saturated heterocycles. The van der Waals surface area contributed by atoms with E-state index in [0.29, 0.717) is 28.0 Å². The molecule has 4 rings (SSSR count). The highest BCUT2D eigenvalue weighted by atomic mass is 32.2. The molecule has 4 aromatic rings. The maximum Gasteiger partial charge on any atom is 0.254 e. The molecule has 0 bridgehead atoms. The van der Waals surface area contributed by atoms with E-state index < -0.39 is 0 Å². The zero-order valence-corrected chi connectivity index (χ0v) is 20.5. The molecule has 1 amide bonds. The third kappa shape index (κ3) is 6.12. The van der Waals surface area contributed by atoms with E-state index in [-0.39, 0.29) is 17.9 Å². The van der Waals surface area contributed by atoms with Gasteiger partial charge < -0.3 is 15.0 Å². The van der Waals surface area contributed by atoms with Gasteiger partial charge in [-0.1, -0.05) is 42.1 Å². The van der Waals surface area contributed by atoms with Crippen molar-refractivity contribution in [2.24, 2.45) is 0 Å². The standard InChI is InChI=1S/C25H24N4O3S2/c1-16-20(23(31)29-24(26-16)33-14-17-6-4-3-5-7-17)12-13-22(30)28-25-27-21(15-34-25)18-8-10-19(32-2)11-9-18/h3-11,15H,12-14H2,1-2H3,(H,26,29,31)(H,27,28,30). The molecule has 0 atom stereocenters. The SMILES string of the molecule is COc1ccc(-c2csc(NC(=O)CCc3c(C)nc(SCc4ccccc4)[nH]c3=O)n2)cc1. The molecule has 0 radical (unpaired) electrons. The number of nitrogens with one attached hydrogen (secondary N) is 2. The van der Waals surface area contributed by atoms with Crippen molar-refractivity contribution in [2.45, 2.75) is 30.7 Å². The van der Waals surface area contributed by atoms with Gasteiger partial charge in [-0.05, 0) is 43.2 Å². The second-order valence-corrected chi connectivity index (χ2v) is 9.35. The molecular formula is C25H24N4O3S2. The second kappa shape index (κ2) is 11.1. The predicted molar refractivity (Wildman–Crippen MR) is 137 cm³/mol. The lowest BCUT2D eigenvalue weighted by molar-refractivity contribution is -0.116. The number of aryl methyl sites for hydroxylation is 1. The molecule has 2 heterocycles. The number of hydrogen-bond acceptors (Lipinski definition) is 7. The summed E-state index contributed by atoms with van der Waals surface area (Å²) in [4.78, 5) is 36.9. The lowest BCUT2D eigenvalue weighted by atomic mass is 10.1. The fraction of sp³-hybridized carbons (Fsp3) is 0.200. The molecule has 174 valence electrons. The quantitative estimate of drug-likeness (QED) is 0.250. The van der Waals surface area contributed by atoms with E-state index in [1.807, 2.05) is 60.0 Å². The molecule has 0 aliphatic carbocycles. The summed E-state index contributed by atoms with van der Waals surface area (Å²) in [6, 6.07) is 17.6. The van der Waals surface area contributed by atoms with Crippen molar-refractivity contribution >= 4 is 34.1 Å². The molecule has 2 N–H and O–H groups in total. The Balaban J connectivity index is 1.33. The van der Waals surface area contributed by atoms with Gasteiger partial charge in [0.25, 0.3) is 5.56 Å². The van der Waals surface area contributed by atoms with Crippen LogP contribution in [0.4, 0.5) is 5.13 Å². The number of amides is 1. The van der Waals surface area contributed by atoms with Crippen molar-refractivity contribution in [2.75, 3.05) is 12.4 Å². The molecule has 7 nitrogen and oxygen atoms in total. The van der Waals surface area contributed by atoms with Crippen LogP contribution in [0.3, 0.4) is 0 Å². The maximum atomic E-state index is 12.6. The highest BCUT2D eigenvalue weighted by Gasteiger charge is 2.13. The van der Waals surface area contributed by atoms with Crippen LogP contribution in [0.25, 0.3) is 11.3 Å². The number of aromatic amines is 1. The molecule has 0 saturated carbocycles. The van der Waals surface area contributed by atoms with E-state index in [0.717, 1.165) is 28.3 Å². The largest absolute Gasteiger partial charge is 0.497 e. The molecule has 0 aliphatic heterocycles. The number of thiazole rings is 1. The number of hydrogen-bond donors (Lipinski definition) is 2. The first-order valence-electron chi connectivity index (χ1n) is 10.7. The average Bonchev–Trinajstić information content (AvgIpc) is 3.31. The van der Waals surface area contributed by atoms with Gasteiger partial charge in [-0.2, -0.15) is 0 Å². The zero-order valence-electron chi connectivity index (χ0n) is 18.8. The number of anilines is 1. The van der Waals surface area contributed by atoms with Crippen LogP contribution in [0.1, 0.15) is 23.2 Å². The summed E-state index contributed by atoms with van der Waals surface area (Å²) < 4.78 is 5.18. The molecule has 0 aliphatic rings. The Morgan fingerprint density at radius 3 is 2.59 bits per heavy atom. The van der Waals surface area contributed by atoms with Gasteiger partial charge in [0.2, 0.25) is 5.91 Å². The van der Waals surface area contributed by atoms with Crippen molar-refractivity contribution in [1.29, 1.82) is 0 Å². The van der Waals surface area contributed by atoms with Crippen LogP contribution in [0.15, 0.2) is 69.9 Å². The lowest BCUT2D eigenvalue weighted by Crippen LogP contribution is -2.20. The van der Waals surface area contributed by atoms with Crippen LogP contribution in [0.5, 0.6) is 5.75 Å². The highest BCUT2D eigenvalue weighted by Crippen LogP contribution is 2.26. The van der Waals surface area contributed by atoms with Crippen LogP contribution < -0.4 is 15.6 Å². The number of aromatic nitrogens is 3. The predicted octanol–water partition coefficient (Wildman–Crippen LogP) is 5.07. The Kier molecular flexibility index (Phi) is 7.76. The van der Waals surface area contributed by atoms with E-state index in [4.69, 9.17) is 4.74 Å². The molecular weight excluding hydrogens is 468 g/mol. The third-order valence-electron chi connectivity index (χ3n) is 5.16. The molecule has 0 spiro atoms. The van der Waals surface area contributed by atoms with Crippen molar-refractivity contribution < 1.29 is 9.53 Å². The monoisotopic (exact) mass is 492 g/mol. The van der Waals surface area contributed by atoms with E-state index in [9.17, 15) is 9.59 Å². The number of carbonyl (C=O) groups excluding carboxylic acids is 1. The van der Waals surface area contributed by atoms with Crippen molar-refractivity contribution in [1.82, 2.24) is 15.0 Å². The number of H-pyrrole nitrogens is 1. The van der Waals surface area contributed by atoms with Gasteiger partial charge in [0, 0.05) is 34.4 Å². The zero-order chi connectivity index (χ0) is 23.9. The van der Waals surface area contributed by atoms with Gasteiger partial charge in [0.15, 0.2) is 10.3 Å². The third-order valence-corrected chi connectivity index (χ3v) is 6.86. The number of nitrogens with zero attached hydrogens (tertiary/aromatic N) is 2. The summed E-state index contributed by atoms with van der Waals surface area (Å²) in [6.45, 7) is 1.80.